The Kier molecular flexibility index (Phi) is 2.61. The molecule has 0 aliphatic rings. The van der Waals surface area contributed by atoms with Crippen molar-refractivity contribution in [2.75, 3.05) is 5.09 Å². The predicted octanol–water partition coefficient (Wildman–Crippen LogP) is 1.14. The van der Waals surface area contributed by atoms with E-state index in [0.29, 0.717) is 11.3 Å². The number of benzene rings is 1. The number of nitrogens with one attached hydrogen (secondary N) is 1. The highest BCUT2D eigenvalue weighted by molar-refractivity contribution is 7.60. The van der Waals surface area contributed by atoms with Crippen LogP contribution in [0.2, 0.25) is 0 Å². The molecule has 13 heavy (non-hydrogen) atoms. The summed E-state index contributed by atoms with van der Waals surface area (Å²) in [6.07, 6.45) is 0. The maximum atomic E-state index is 11.0. The molecule has 0 saturated carbocycles. The molecule has 6 heteroatoms. The molecule has 0 aromatic heterocycles. The number of aromatic hydroxyl groups is 1. The summed E-state index contributed by atoms with van der Waals surface area (Å²) < 4.78 is 11.0. The van der Waals surface area contributed by atoms with Gasteiger partial charge in [0.15, 0.2) is 0 Å². The first-order chi connectivity index (χ1) is 5.88. The van der Waals surface area contributed by atoms with Gasteiger partial charge in [-0.2, -0.15) is 0 Å². The molecule has 1 aromatic rings. The van der Waals surface area contributed by atoms with Gasteiger partial charge in [-0.25, -0.2) is 0 Å². The number of phenolic OH excluding ortho intramolecular Hbond substituents is 1. The zero-order valence-corrected chi connectivity index (χ0v) is 8.08. The van der Waals surface area contributed by atoms with Crippen LogP contribution in [0.4, 0.5) is 5.69 Å². The van der Waals surface area contributed by atoms with Crippen LogP contribution in [0.5, 0.6) is 5.75 Å². The number of nitrogens with two attached hydrogens (primary N) is 2. The van der Waals surface area contributed by atoms with E-state index in [1.54, 1.807) is 19.1 Å². The first-order valence-electron chi connectivity index (χ1n) is 3.63. The van der Waals surface area contributed by atoms with Gasteiger partial charge in [-0.05, 0) is 30.7 Å². The molecular weight excluding hydrogens is 189 g/mol. The smallest absolute Gasteiger partial charge is 0.298 e. The average molecular weight is 201 g/mol. The van der Waals surface area contributed by atoms with Crippen molar-refractivity contribution in [1.82, 2.24) is 0 Å². The van der Waals surface area contributed by atoms with Gasteiger partial charge in [0.2, 0.25) is 0 Å². The molecule has 0 aliphatic heterocycles. The number of phenols is 1. The lowest BCUT2D eigenvalue weighted by atomic mass is 10.2. The Bertz CT molecular complexity index is 361. The fourth-order valence-electron chi connectivity index (χ4n) is 0.927. The first-order valence-corrected chi connectivity index (χ1v) is 5.48. The molecule has 0 fully saturated rings. The molecule has 72 valence electrons. The third kappa shape index (κ3) is 3.06. The first kappa shape index (κ1) is 10.1. The Morgan fingerprint density at radius 2 is 2.08 bits per heavy atom. The molecule has 1 rings (SSSR count). The standard InChI is InChI=1S/C7H12N3O2P/c1-5-4-6(2-3-7(5)11)10-13(8,9)12/h2-4,11H,1H3,(H5,8,9,10,12). The van der Waals surface area contributed by atoms with Gasteiger partial charge in [0.1, 0.15) is 5.75 Å². The minimum Gasteiger partial charge on any atom is -0.508 e. The summed E-state index contributed by atoms with van der Waals surface area (Å²) in [4.78, 5) is 0. The van der Waals surface area contributed by atoms with Crippen LogP contribution in [-0.2, 0) is 4.57 Å². The normalized spacial score (nSPS) is 11.3. The van der Waals surface area contributed by atoms with Gasteiger partial charge in [-0.1, -0.05) is 0 Å². The third-order valence-electron chi connectivity index (χ3n) is 1.50. The van der Waals surface area contributed by atoms with Crippen LogP contribution in [0.3, 0.4) is 0 Å². The summed E-state index contributed by atoms with van der Waals surface area (Å²) in [5.41, 5.74) is 11.4. The average Bonchev–Trinajstić information content (AvgIpc) is 1.94. The van der Waals surface area contributed by atoms with Crippen LogP contribution in [-0.4, -0.2) is 5.11 Å². The quantitative estimate of drug-likeness (QED) is 0.424. The molecule has 0 heterocycles. The number of hydrogen-bond acceptors (Lipinski definition) is 2. The largest absolute Gasteiger partial charge is 0.508 e. The van der Waals surface area contributed by atoms with E-state index in [1.807, 2.05) is 0 Å². The minimum atomic E-state index is -3.25. The van der Waals surface area contributed by atoms with Gasteiger partial charge in [0.05, 0.1) is 0 Å². The second-order valence-corrected chi connectivity index (χ2v) is 4.46. The molecule has 0 atom stereocenters. The Labute approximate surface area is 76.3 Å². The van der Waals surface area contributed by atoms with E-state index in [0.717, 1.165) is 0 Å². The minimum absolute atomic E-state index is 0.175. The number of hydrogen-bond donors (Lipinski definition) is 4. The highest BCUT2D eigenvalue weighted by Crippen LogP contribution is 2.29. The van der Waals surface area contributed by atoms with E-state index in [4.69, 9.17) is 11.0 Å². The second-order valence-electron chi connectivity index (χ2n) is 2.82. The zero-order chi connectivity index (χ0) is 10.1. The van der Waals surface area contributed by atoms with Crippen LogP contribution in [0, 0.1) is 6.92 Å². The number of rotatable bonds is 2. The summed E-state index contributed by atoms with van der Waals surface area (Å²) in [6, 6.07) is 4.64. The lowest BCUT2D eigenvalue weighted by Gasteiger charge is -2.10. The maximum absolute atomic E-state index is 11.0. The van der Waals surface area contributed by atoms with E-state index < -0.39 is 7.59 Å². The van der Waals surface area contributed by atoms with Gasteiger partial charge in [0.25, 0.3) is 7.59 Å². The molecule has 5 nitrogen and oxygen atoms in total. The van der Waals surface area contributed by atoms with Crippen molar-refractivity contribution in [3.8, 4) is 5.75 Å². The molecule has 0 amide bonds. The molecule has 0 aliphatic carbocycles. The Morgan fingerprint density at radius 1 is 1.46 bits per heavy atom. The fraction of sp³-hybridized carbons (Fsp3) is 0.143. The van der Waals surface area contributed by atoms with E-state index in [-0.39, 0.29) is 5.75 Å². The fourth-order valence-corrected chi connectivity index (χ4v) is 1.47. The zero-order valence-electron chi connectivity index (χ0n) is 7.19. The Hall–Kier alpha value is -1.03. The van der Waals surface area contributed by atoms with Gasteiger partial charge in [-0.3, -0.25) is 15.6 Å². The van der Waals surface area contributed by atoms with Crippen molar-refractivity contribution >= 4 is 13.3 Å². The summed E-state index contributed by atoms with van der Waals surface area (Å²) >= 11 is 0. The molecule has 6 N–H and O–H groups in total. The monoisotopic (exact) mass is 201 g/mol. The van der Waals surface area contributed by atoms with Crippen LogP contribution in [0.25, 0.3) is 0 Å². The molecule has 0 saturated heterocycles. The molecule has 0 bridgehead atoms. The Balaban J connectivity index is 2.92. The van der Waals surface area contributed by atoms with Gasteiger partial charge in [-0.15, -0.1) is 0 Å². The maximum Gasteiger partial charge on any atom is 0.298 e. The molecule has 0 radical (unpaired) electrons. The van der Waals surface area contributed by atoms with E-state index in [9.17, 15) is 9.67 Å². The van der Waals surface area contributed by atoms with Crippen LogP contribution in [0.1, 0.15) is 5.56 Å². The number of anilines is 1. The van der Waals surface area contributed by atoms with E-state index in [2.05, 4.69) is 5.09 Å². The second kappa shape index (κ2) is 3.38. The van der Waals surface area contributed by atoms with Crippen molar-refractivity contribution in [2.45, 2.75) is 6.92 Å². The van der Waals surface area contributed by atoms with Crippen molar-refractivity contribution in [1.29, 1.82) is 0 Å². The summed E-state index contributed by atoms with van der Waals surface area (Å²) in [6.45, 7) is 1.72. The van der Waals surface area contributed by atoms with Crippen LogP contribution in [0.15, 0.2) is 18.2 Å². The highest BCUT2D eigenvalue weighted by Gasteiger charge is 2.07. The van der Waals surface area contributed by atoms with Crippen molar-refractivity contribution < 1.29 is 9.67 Å². The molecule has 0 unspecified atom stereocenters. The molecule has 1 aromatic carbocycles. The number of aryl methyl sites for hydroxylation is 1. The third-order valence-corrected chi connectivity index (χ3v) is 2.11. The predicted molar refractivity (Wildman–Crippen MR) is 52.4 cm³/mol. The van der Waals surface area contributed by atoms with Crippen LogP contribution < -0.4 is 16.1 Å². The van der Waals surface area contributed by atoms with Crippen molar-refractivity contribution in [3.05, 3.63) is 23.8 Å². The van der Waals surface area contributed by atoms with E-state index in [1.165, 1.54) is 6.07 Å². The lowest BCUT2D eigenvalue weighted by molar-refractivity contribution is 0.471. The molecule has 0 spiro atoms. The van der Waals surface area contributed by atoms with Gasteiger partial charge < -0.3 is 10.2 Å². The van der Waals surface area contributed by atoms with Gasteiger partial charge in [0, 0.05) is 5.69 Å². The SMILES string of the molecule is Cc1cc(NP(N)(N)=O)ccc1O. The van der Waals surface area contributed by atoms with Crippen molar-refractivity contribution in [3.63, 3.8) is 0 Å². The summed E-state index contributed by atoms with van der Waals surface area (Å²) in [5.74, 6) is 0.175. The van der Waals surface area contributed by atoms with Crippen LogP contribution >= 0.6 is 7.59 Å². The van der Waals surface area contributed by atoms with E-state index >= 15 is 0 Å². The highest BCUT2D eigenvalue weighted by atomic mass is 31.2. The summed E-state index contributed by atoms with van der Waals surface area (Å²) in [5, 5.41) is 11.6. The lowest BCUT2D eigenvalue weighted by Crippen LogP contribution is -2.13. The molecular formula is C7H12N3O2P. The Morgan fingerprint density at radius 3 is 2.54 bits per heavy atom. The van der Waals surface area contributed by atoms with Crippen molar-refractivity contribution in [2.24, 2.45) is 11.0 Å². The van der Waals surface area contributed by atoms with Gasteiger partial charge >= 0.3 is 0 Å². The summed E-state index contributed by atoms with van der Waals surface area (Å²) in [7, 11) is -3.25. The topological polar surface area (TPSA) is 101 Å².